The van der Waals surface area contributed by atoms with E-state index in [0.29, 0.717) is 27.3 Å². The van der Waals surface area contributed by atoms with Crippen LogP contribution in [0.1, 0.15) is 12.5 Å². The summed E-state index contributed by atoms with van der Waals surface area (Å²) in [6, 6.07) is 12.2. The van der Waals surface area contributed by atoms with Crippen LogP contribution in [0, 0.1) is 0 Å². The number of benzene rings is 2. The van der Waals surface area contributed by atoms with E-state index in [0.717, 1.165) is 5.56 Å². The lowest BCUT2D eigenvalue weighted by atomic mass is 10.1. The Morgan fingerprint density at radius 2 is 1.83 bits per heavy atom. The summed E-state index contributed by atoms with van der Waals surface area (Å²) in [6.45, 7) is 1.57. The molecule has 0 aliphatic carbocycles. The molecule has 126 valence electrons. The molecule has 0 saturated carbocycles. The van der Waals surface area contributed by atoms with Crippen molar-refractivity contribution in [1.29, 1.82) is 0 Å². The second kappa shape index (κ2) is 8.57. The number of nitrogens with one attached hydrogen (secondary N) is 1. The molecule has 5 nitrogen and oxygen atoms in total. The maximum Gasteiger partial charge on any atom is 0.277 e. The van der Waals surface area contributed by atoms with Gasteiger partial charge in [-0.15, -0.1) is 0 Å². The fraction of sp³-hybridized carbons (Fsp3) is 0.176. The number of para-hydroxylation sites is 2. The molecule has 0 unspecified atom stereocenters. The molecule has 2 aromatic rings. The quantitative estimate of drug-likeness (QED) is 0.622. The van der Waals surface area contributed by atoms with E-state index in [4.69, 9.17) is 32.7 Å². The van der Waals surface area contributed by atoms with E-state index in [2.05, 4.69) is 10.5 Å². The summed E-state index contributed by atoms with van der Waals surface area (Å²) < 4.78 is 10.6. The van der Waals surface area contributed by atoms with Crippen molar-refractivity contribution in [3.8, 4) is 11.5 Å². The highest BCUT2D eigenvalue weighted by Gasteiger charge is 2.07. The van der Waals surface area contributed by atoms with Crippen molar-refractivity contribution in [2.24, 2.45) is 5.10 Å². The zero-order valence-electron chi connectivity index (χ0n) is 13.2. The lowest BCUT2D eigenvalue weighted by Gasteiger charge is -2.09. The van der Waals surface area contributed by atoms with E-state index in [9.17, 15) is 4.79 Å². The third-order valence-electron chi connectivity index (χ3n) is 3.11. The number of hydrogen-bond donors (Lipinski definition) is 1. The Hall–Kier alpha value is -2.24. The van der Waals surface area contributed by atoms with E-state index < -0.39 is 0 Å². The van der Waals surface area contributed by atoms with Gasteiger partial charge < -0.3 is 9.47 Å². The number of amides is 1. The fourth-order valence-corrected chi connectivity index (χ4v) is 2.14. The van der Waals surface area contributed by atoms with Gasteiger partial charge in [-0.05, 0) is 36.8 Å². The molecule has 0 aromatic heterocycles. The van der Waals surface area contributed by atoms with Crippen LogP contribution in [-0.2, 0) is 4.79 Å². The van der Waals surface area contributed by atoms with Crippen molar-refractivity contribution in [2.75, 3.05) is 13.7 Å². The Morgan fingerprint density at radius 3 is 2.50 bits per heavy atom. The predicted octanol–water partition coefficient (Wildman–Crippen LogP) is 3.92. The molecule has 0 spiro atoms. The van der Waals surface area contributed by atoms with Crippen LogP contribution in [0.2, 0.25) is 10.0 Å². The third-order valence-corrected chi connectivity index (χ3v) is 3.85. The zero-order valence-corrected chi connectivity index (χ0v) is 14.7. The first-order chi connectivity index (χ1) is 11.5. The Kier molecular flexibility index (Phi) is 6.46. The molecule has 7 heteroatoms. The van der Waals surface area contributed by atoms with Crippen LogP contribution < -0.4 is 14.9 Å². The van der Waals surface area contributed by atoms with Gasteiger partial charge in [-0.3, -0.25) is 4.79 Å². The number of ether oxygens (including phenoxy) is 2. The van der Waals surface area contributed by atoms with Crippen molar-refractivity contribution >= 4 is 34.8 Å². The van der Waals surface area contributed by atoms with Crippen LogP contribution in [-0.4, -0.2) is 25.3 Å². The lowest BCUT2D eigenvalue weighted by molar-refractivity contribution is -0.123. The SMILES string of the molecule is COc1ccccc1OCC(=O)N/N=C(/C)c1ccc(Cl)c(Cl)c1. The molecule has 0 radical (unpaired) electrons. The normalized spacial score (nSPS) is 11.1. The average Bonchev–Trinajstić information content (AvgIpc) is 2.60. The molecule has 0 aliphatic heterocycles. The number of nitrogens with zero attached hydrogens (tertiary/aromatic N) is 1. The Bertz CT molecular complexity index is 763. The second-order valence-electron chi connectivity index (χ2n) is 4.80. The van der Waals surface area contributed by atoms with E-state index in [-0.39, 0.29) is 12.5 Å². The summed E-state index contributed by atoms with van der Waals surface area (Å²) in [6.07, 6.45) is 0. The summed E-state index contributed by atoms with van der Waals surface area (Å²) in [5, 5.41) is 4.91. The van der Waals surface area contributed by atoms with Crippen LogP contribution in [0.3, 0.4) is 0 Å². The lowest BCUT2D eigenvalue weighted by Crippen LogP contribution is -2.25. The molecular weight excluding hydrogens is 351 g/mol. The van der Waals surface area contributed by atoms with E-state index >= 15 is 0 Å². The number of carbonyl (C=O) groups is 1. The molecule has 0 heterocycles. The molecule has 0 bridgehead atoms. The van der Waals surface area contributed by atoms with E-state index in [1.165, 1.54) is 7.11 Å². The smallest absolute Gasteiger partial charge is 0.277 e. The van der Waals surface area contributed by atoms with Gasteiger partial charge in [-0.2, -0.15) is 5.10 Å². The number of halogens is 2. The summed E-state index contributed by atoms with van der Waals surface area (Å²) in [7, 11) is 1.53. The molecule has 0 aliphatic rings. The van der Waals surface area contributed by atoms with Crippen LogP contribution in [0.4, 0.5) is 0 Å². The van der Waals surface area contributed by atoms with Gasteiger partial charge in [0.2, 0.25) is 0 Å². The minimum absolute atomic E-state index is 0.182. The molecule has 1 N–H and O–H groups in total. The highest BCUT2D eigenvalue weighted by molar-refractivity contribution is 6.42. The number of carbonyl (C=O) groups excluding carboxylic acids is 1. The van der Waals surface area contributed by atoms with Crippen molar-refractivity contribution in [3.63, 3.8) is 0 Å². The van der Waals surface area contributed by atoms with Gasteiger partial charge >= 0.3 is 0 Å². The van der Waals surface area contributed by atoms with Crippen molar-refractivity contribution in [3.05, 3.63) is 58.1 Å². The summed E-state index contributed by atoms with van der Waals surface area (Å²) >= 11 is 11.8. The van der Waals surface area contributed by atoms with Crippen molar-refractivity contribution < 1.29 is 14.3 Å². The van der Waals surface area contributed by atoms with Crippen LogP contribution >= 0.6 is 23.2 Å². The minimum atomic E-state index is -0.389. The molecule has 0 fully saturated rings. The number of rotatable bonds is 6. The number of hydrogen-bond acceptors (Lipinski definition) is 4. The molecular formula is C17H16Cl2N2O3. The molecule has 0 saturated heterocycles. The maximum absolute atomic E-state index is 11.8. The fourth-order valence-electron chi connectivity index (χ4n) is 1.85. The van der Waals surface area contributed by atoms with E-state index in [1.54, 1.807) is 43.3 Å². The molecule has 1 amide bonds. The van der Waals surface area contributed by atoms with Gasteiger partial charge in [0.15, 0.2) is 18.1 Å². The summed E-state index contributed by atoms with van der Waals surface area (Å²) in [4.78, 5) is 11.8. The van der Waals surface area contributed by atoms with Gasteiger partial charge in [0.1, 0.15) is 0 Å². The molecule has 2 rings (SSSR count). The molecule has 24 heavy (non-hydrogen) atoms. The van der Waals surface area contributed by atoms with Crippen molar-refractivity contribution in [2.45, 2.75) is 6.92 Å². The number of methoxy groups -OCH3 is 1. The highest BCUT2D eigenvalue weighted by Crippen LogP contribution is 2.25. The van der Waals surface area contributed by atoms with Gasteiger partial charge in [-0.25, -0.2) is 5.43 Å². The molecule has 0 atom stereocenters. The average molecular weight is 367 g/mol. The van der Waals surface area contributed by atoms with Crippen LogP contribution in [0.15, 0.2) is 47.6 Å². The highest BCUT2D eigenvalue weighted by atomic mass is 35.5. The van der Waals surface area contributed by atoms with Gasteiger partial charge in [0.25, 0.3) is 5.91 Å². The summed E-state index contributed by atoms with van der Waals surface area (Å²) in [5.74, 6) is 0.654. The Balaban J connectivity index is 1.93. The Morgan fingerprint density at radius 1 is 1.12 bits per heavy atom. The van der Waals surface area contributed by atoms with Crippen molar-refractivity contribution in [1.82, 2.24) is 5.43 Å². The first kappa shape index (κ1) is 18.1. The summed E-state index contributed by atoms with van der Waals surface area (Å²) in [5.41, 5.74) is 3.79. The van der Waals surface area contributed by atoms with Gasteiger partial charge in [0.05, 0.1) is 22.9 Å². The Labute approximate surface area is 150 Å². The second-order valence-corrected chi connectivity index (χ2v) is 5.62. The molecule has 2 aromatic carbocycles. The van der Waals surface area contributed by atoms with Gasteiger partial charge in [0, 0.05) is 0 Å². The maximum atomic E-state index is 11.8. The largest absolute Gasteiger partial charge is 0.493 e. The first-order valence-corrected chi connectivity index (χ1v) is 7.81. The van der Waals surface area contributed by atoms with Gasteiger partial charge in [-0.1, -0.05) is 41.4 Å². The number of hydrazone groups is 1. The van der Waals surface area contributed by atoms with Crippen LogP contribution in [0.25, 0.3) is 0 Å². The van der Waals surface area contributed by atoms with E-state index in [1.807, 2.05) is 6.07 Å². The predicted molar refractivity (Wildman–Crippen MR) is 95.3 cm³/mol. The monoisotopic (exact) mass is 366 g/mol. The third kappa shape index (κ3) is 4.88. The zero-order chi connectivity index (χ0) is 17.5. The first-order valence-electron chi connectivity index (χ1n) is 7.05. The standard InChI is InChI=1S/C17H16Cl2N2O3/c1-11(12-7-8-13(18)14(19)9-12)20-21-17(22)10-24-16-6-4-3-5-15(16)23-2/h3-9H,10H2,1-2H3,(H,21,22)/b20-11-. The van der Waals surface area contributed by atoms with Crippen LogP contribution in [0.5, 0.6) is 11.5 Å². The minimum Gasteiger partial charge on any atom is -0.493 e. The topological polar surface area (TPSA) is 59.9 Å².